The van der Waals surface area contributed by atoms with E-state index in [0.29, 0.717) is 0 Å². The van der Waals surface area contributed by atoms with Crippen LogP contribution in [-0.4, -0.2) is 31.1 Å². The average Bonchev–Trinajstić information content (AvgIpc) is 2.63. The van der Waals surface area contributed by atoms with E-state index in [9.17, 15) is 9.59 Å². The third-order valence-electron chi connectivity index (χ3n) is 6.32. The number of benzene rings is 1. The summed E-state index contributed by atoms with van der Waals surface area (Å²) in [5.74, 6) is 2.38. The summed E-state index contributed by atoms with van der Waals surface area (Å²) in [5.41, 5.74) is 0.822. The molecular formula is C22H27NO4. The van der Waals surface area contributed by atoms with Crippen molar-refractivity contribution < 1.29 is 19.1 Å². The van der Waals surface area contributed by atoms with Gasteiger partial charge in [-0.2, -0.15) is 0 Å². The first kappa shape index (κ1) is 18.1. The highest BCUT2D eigenvalue weighted by atomic mass is 16.5. The van der Waals surface area contributed by atoms with Gasteiger partial charge in [-0.1, -0.05) is 12.1 Å². The molecule has 5 nitrogen and oxygen atoms in total. The zero-order valence-electron chi connectivity index (χ0n) is 15.8. The van der Waals surface area contributed by atoms with Crippen LogP contribution in [0.1, 0.15) is 44.1 Å². The van der Waals surface area contributed by atoms with Gasteiger partial charge >= 0.3 is 5.97 Å². The van der Waals surface area contributed by atoms with Crippen molar-refractivity contribution in [2.75, 3.05) is 13.7 Å². The molecule has 4 fully saturated rings. The molecule has 0 spiro atoms. The molecule has 0 saturated heterocycles. The first-order chi connectivity index (χ1) is 13.0. The molecule has 144 valence electrons. The number of methoxy groups -OCH3 is 1. The number of rotatable bonds is 6. The van der Waals surface area contributed by atoms with E-state index in [1.807, 2.05) is 24.3 Å². The molecule has 0 aliphatic heterocycles. The van der Waals surface area contributed by atoms with Gasteiger partial charge in [-0.3, -0.25) is 4.79 Å². The Bertz CT molecular complexity index is 702. The third kappa shape index (κ3) is 4.18. The molecule has 4 aliphatic carbocycles. The fraction of sp³-hybridized carbons (Fsp3) is 0.545. The van der Waals surface area contributed by atoms with E-state index in [-0.39, 0.29) is 18.1 Å². The molecule has 4 saturated carbocycles. The van der Waals surface area contributed by atoms with Gasteiger partial charge in [-0.05, 0) is 80.1 Å². The number of amides is 1. The maximum absolute atomic E-state index is 12.4. The highest BCUT2D eigenvalue weighted by Gasteiger charge is 2.51. The van der Waals surface area contributed by atoms with E-state index in [2.05, 4.69) is 5.32 Å². The molecule has 0 atom stereocenters. The summed E-state index contributed by atoms with van der Waals surface area (Å²) < 4.78 is 10.2. The van der Waals surface area contributed by atoms with Crippen LogP contribution in [0, 0.1) is 17.8 Å². The molecule has 0 unspecified atom stereocenters. The monoisotopic (exact) mass is 369 g/mol. The molecule has 4 aliphatic rings. The van der Waals surface area contributed by atoms with Crippen LogP contribution in [0.3, 0.4) is 0 Å². The van der Waals surface area contributed by atoms with E-state index in [0.717, 1.165) is 48.3 Å². The van der Waals surface area contributed by atoms with E-state index >= 15 is 0 Å². The van der Waals surface area contributed by atoms with Crippen LogP contribution in [-0.2, 0) is 14.3 Å². The van der Waals surface area contributed by atoms with E-state index in [1.165, 1.54) is 25.3 Å². The Labute approximate surface area is 160 Å². The van der Waals surface area contributed by atoms with Gasteiger partial charge in [0.25, 0.3) is 5.91 Å². The fourth-order valence-corrected chi connectivity index (χ4v) is 5.66. The van der Waals surface area contributed by atoms with Gasteiger partial charge in [-0.25, -0.2) is 4.79 Å². The van der Waals surface area contributed by atoms with Crippen molar-refractivity contribution in [3.8, 4) is 5.75 Å². The second-order valence-corrected chi connectivity index (χ2v) is 8.46. The highest BCUT2D eigenvalue weighted by Crippen LogP contribution is 2.55. The summed E-state index contributed by atoms with van der Waals surface area (Å²) >= 11 is 0. The lowest BCUT2D eigenvalue weighted by Gasteiger charge is -2.56. The molecule has 1 N–H and O–H groups in total. The number of esters is 1. The molecule has 1 amide bonds. The number of ether oxygens (including phenoxy) is 2. The Morgan fingerprint density at radius 3 is 2.22 bits per heavy atom. The lowest BCUT2D eigenvalue weighted by atomic mass is 9.53. The number of nitrogens with one attached hydrogen (secondary N) is 1. The van der Waals surface area contributed by atoms with Gasteiger partial charge in [0.05, 0.1) is 7.11 Å². The topological polar surface area (TPSA) is 64.6 Å². The second kappa shape index (κ2) is 7.37. The van der Waals surface area contributed by atoms with Crippen molar-refractivity contribution in [3.05, 3.63) is 35.9 Å². The lowest BCUT2D eigenvalue weighted by molar-refractivity contribution is -0.145. The number of carbonyl (C=O) groups excluding carboxylic acids is 2. The first-order valence-electron chi connectivity index (χ1n) is 9.83. The molecule has 0 aromatic heterocycles. The van der Waals surface area contributed by atoms with E-state index < -0.39 is 5.97 Å². The standard InChI is InChI=1S/C22H27NO4/c1-26-19-5-2-15(3-6-19)4-7-21(25)27-14-20(24)23-22-11-16-8-17(12-22)10-18(9-16)13-22/h2-7,16-18H,8-14H2,1H3,(H,23,24)/b7-4+. The SMILES string of the molecule is COc1ccc(/C=C/C(=O)OCC(=O)NC23CC4CC(CC(C4)C2)C3)cc1. The predicted molar refractivity (Wildman–Crippen MR) is 102 cm³/mol. The lowest BCUT2D eigenvalue weighted by Crippen LogP contribution is -2.60. The minimum atomic E-state index is -0.508. The summed E-state index contributed by atoms with van der Waals surface area (Å²) in [6.07, 6.45) is 10.3. The minimum Gasteiger partial charge on any atom is -0.497 e. The molecule has 5 heteroatoms. The van der Waals surface area contributed by atoms with E-state index in [4.69, 9.17) is 9.47 Å². The number of hydrogen-bond donors (Lipinski definition) is 1. The van der Waals surface area contributed by atoms with Crippen molar-refractivity contribution in [3.63, 3.8) is 0 Å². The van der Waals surface area contributed by atoms with Crippen LogP contribution in [0.15, 0.2) is 30.3 Å². The summed E-state index contributed by atoms with van der Waals surface area (Å²) in [5, 5.41) is 3.21. The Morgan fingerprint density at radius 1 is 1.07 bits per heavy atom. The Kier molecular flexibility index (Phi) is 4.94. The Morgan fingerprint density at radius 2 is 1.67 bits per heavy atom. The van der Waals surface area contributed by atoms with Gasteiger partial charge < -0.3 is 14.8 Å². The van der Waals surface area contributed by atoms with Gasteiger partial charge in [0, 0.05) is 11.6 Å². The van der Waals surface area contributed by atoms with Crippen LogP contribution in [0.5, 0.6) is 5.75 Å². The van der Waals surface area contributed by atoms with Crippen LogP contribution in [0.2, 0.25) is 0 Å². The molecule has 1 aromatic rings. The van der Waals surface area contributed by atoms with Crippen LogP contribution >= 0.6 is 0 Å². The molecule has 27 heavy (non-hydrogen) atoms. The number of carbonyl (C=O) groups is 2. The van der Waals surface area contributed by atoms with Crippen molar-refractivity contribution in [1.82, 2.24) is 5.32 Å². The highest BCUT2D eigenvalue weighted by molar-refractivity contribution is 5.89. The zero-order chi connectivity index (χ0) is 18.9. The summed E-state index contributed by atoms with van der Waals surface area (Å²) in [6.45, 7) is -0.215. The van der Waals surface area contributed by atoms with Gasteiger partial charge in [0.1, 0.15) is 5.75 Å². The van der Waals surface area contributed by atoms with Crippen molar-refractivity contribution in [2.24, 2.45) is 17.8 Å². The molecule has 0 radical (unpaired) electrons. The molecule has 1 aromatic carbocycles. The maximum Gasteiger partial charge on any atom is 0.331 e. The van der Waals surface area contributed by atoms with Crippen molar-refractivity contribution in [2.45, 2.75) is 44.1 Å². The van der Waals surface area contributed by atoms with Crippen molar-refractivity contribution in [1.29, 1.82) is 0 Å². The van der Waals surface area contributed by atoms with Crippen LogP contribution in [0.4, 0.5) is 0 Å². The second-order valence-electron chi connectivity index (χ2n) is 8.46. The average molecular weight is 369 g/mol. The van der Waals surface area contributed by atoms with Crippen molar-refractivity contribution >= 4 is 18.0 Å². The third-order valence-corrected chi connectivity index (χ3v) is 6.32. The maximum atomic E-state index is 12.4. The Hall–Kier alpha value is -2.30. The van der Waals surface area contributed by atoms with Gasteiger partial charge in [-0.15, -0.1) is 0 Å². The summed E-state index contributed by atoms with van der Waals surface area (Å²) in [7, 11) is 1.61. The first-order valence-corrected chi connectivity index (χ1v) is 9.83. The molecule has 4 bridgehead atoms. The summed E-state index contributed by atoms with van der Waals surface area (Å²) in [4.78, 5) is 24.2. The Balaban J connectivity index is 1.25. The van der Waals surface area contributed by atoms with Crippen LogP contribution in [0.25, 0.3) is 6.08 Å². The largest absolute Gasteiger partial charge is 0.497 e. The number of hydrogen-bond acceptors (Lipinski definition) is 4. The minimum absolute atomic E-state index is 0.0445. The quantitative estimate of drug-likeness (QED) is 0.617. The van der Waals surface area contributed by atoms with Gasteiger partial charge in [0.2, 0.25) is 0 Å². The fourth-order valence-electron chi connectivity index (χ4n) is 5.66. The molecule has 0 heterocycles. The molecule has 5 rings (SSSR count). The predicted octanol–water partition coefficient (Wildman–Crippen LogP) is 3.34. The van der Waals surface area contributed by atoms with E-state index in [1.54, 1.807) is 13.2 Å². The van der Waals surface area contributed by atoms with Gasteiger partial charge in [0.15, 0.2) is 6.61 Å². The molecular weight excluding hydrogens is 342 g/mol. The van der Waals surface area contributed by atoms with Crippen LogP contribution < -0.4 is 10.1 Å². The summed E-state index contributed by atoms with van der Waals surface area (Å²) in [6, 6.07) is 7.35. The smallest absolute Gasteiger partial charge is 0.331 e. The zero-order valence-corrected chi connectivity index (χ0v) is 15.8. The normalized spacial score (nSPS) is 31.1.